The van der Waals surface area contributed by atoms with Crippen molar-refractivity contribution in [1.82, 2.24) is 15.3 Å². The molecule has 1 amide bonds. The highest BCUT2D eigenvalue weighted by atomic mass is 16.5. The van der Waals surface area contributed by atoms with Crippen molar-refractivity contribution in [3.8, 4) is 11.5 Å². The van der Waals surface area contributed by atoms with Crippen LogP contribution in [-0.4, -0.2) is 36.6 Å². The van der Waals surface area contributed by atoms with Crippen LogP contribution in [0.3, 0.4) is 0 Å². The summed E-state index contributed by atoms with van der Waals surface area (Å²) in [6.45, 7) is 5.66. The molecule has 7 nitrogen and oxygen atoms in total. The molecule has 0 saturated heterocycles. The maximum absolute atomic E-state index is 12.0. The summed E-state index contributed by atoms with van der Waals surface area (Å²) in [6, 6.07) is 6.95. The molecule has 0 aliphatic carbocycles. The van der Waals surface area contributed by atoms with Gasteiger partial charge in [-0.1, -0.05) is 6.08 Å². The summed E-state index contributed by atoms with van der Waals surface area (Å²) in [6.07, 6.45) is 1.60. The Balaban J connectivity index is 2.28. The van der Waals surface area contributed by atoms with Crippen LogP contribution in [0.2, 0.25) is 0 Å². The molecule has 1 heterocycles. The molecule has 7 heteroatoms. The van der Waals surface area contributed by atoms with Crippen LogP contribution in [0.1, 0.15) is 16.3 Å². The van der Waals surface area contributed by atoms with Crippen molar-refractivity contribution >= 4 is 17.4 Å². The minimum absolute atomic E-state index is 0.277. The van der Waals surface area contributed by atoms with Crippen molar-refractivity contribution in [3.63, 3.8) is 0 Å². The smallest absolute Gasteiger partial charge is 0.270 e. The Morgan fingerprint density at radius 2 is 2.04 bits per heavy atom. The average molecular weight is 328 g/mol. The Hall–Kier alpha value is -3.09. The molecule has 0 atom stereocenters. The maximum atomic E-state index is 12.0. The van der Waals surface area contributed by atoms with Crippen LogP contribution in [0.5, 0.6) is 11.5 Å². The summed E-state index contributed by atoms with van der Waals surface area (Å²) in [5, 5.41) is 5.82. The van der Waals surface area contributed by atoms with Gasteiger partial charge in [0.2, 0.25) is 0 Å². The predicted octanol–water partition coefficient (Wildman–Crippen LogP) is 2.46. The van der Waals surface area contributed by atoms with Crippen molar-refractivity contribution < 1.29 is 14.3 Å². The van der Waals surface area contributed by atoms with Crippen molar-refractivity contribution in [1.29, 1.82) is 0 Å². The number of ether oxygens (including phenoxy) is 2. The quantitative estimate of drug-likeness (QED) is 0.760. The van der Waals surface area contributed by atoms with Gasteiger partial charge in [0, 0.05) is 18.7 Å². The van der Waals surface area contributed by atoms with Gasteiger partial charge in [0.25, 0.3) is 5.91 Å². The third kappa shape index (κ3) is 4.22. The summed E-state index contributed by atoms with van der Waals surface area (Å²) < 4.78 is 10.5. The lowest BCUT2D eigenvalue weighted by molar-refractivity contribution is 0.0952. The molecule has 24 heavy (non-hydrogen) atoms. The van der Waals surface area contributed by atoms with Gasteiger partial charge >= 0.3 is 0 Å². The van der Waals surface area contributed by atoms with Crippen LogP contribution < -0.4 is 20.1 Å². The zero-order valence-electron chi connectivity index (χ0n) is 13.9. The second-order valence-electron chi connectivity index (χ2n) is 4.88. The number of aromatic nitrogens is 2. The standard InChI is InChI=1S/C17H20N4O3/c1-5-8-18-17(22)14-10-16(20-11(2)19-14)21-13-7-6-12(23-3)9-15(13)24-4/h5-7,9-10H,1,8H2,2-4H3,(H,18,22)(H,19,20,21). The van der Waals surface area contributed by atoms with Gasteiger partial charge in [-0.2, -0.15) is 0 Å². The molecule has 2 rings (SSSR count). The van der Waals surface area contributed by atoms with E-state index < -0.39 is 0 Å². The zero-order valence-corrected chi connectivity index (χ0v) is 13.9. The number of carbonyl (C=O) groups is 1. The predicted molar refractivity (Wildman–Crippen MR) is 92.1 cm³/mol. The van der Waals surface area contributed by atoms with Gasteiger partial charge < -0.3 is 20.1 Å². The Morgan fingerprint density at radius 1 is 1.25 bits per heavy atom. The first-order valence-electron chi connectivity index (χ1n) is 7.31. The molecule has 0 bridgehead atoms. The molecular weight excluding hydrogens is 308 g/mol. The van der Waals surface area contributed by atoms with Crippen molar-refractivity contribution in [2.45, 2.75) is 6.92 Å². The minimum atomic E-state index is -0.287. The SMILES string of the molecule is C=CCNC(=O)c1cc(Nc2ccc(OC)cc2OC)nc(C)n1. The normalized spacial score (nSPS) is 9.96. The van der Waals surface area contributed by atoms with Crippen LogP contribution in [0, 0.1) is 6.92 Å². The van der Waals surface area contributed by atoms with E-state index in [0.29, 0.717) is 35.4 Å². The summed E-state index contributed by atoms with van der Waals surface area (Å²) >= 11 is 0. The number of nitrogens with one attached hydrogen (secondary N) is 2. The summed E-state index contributed by atoms with van der Waals surface area (Å²) in [5.41, 5.74) is 0.980. The van der Waals surface area contributed by atoms with Gasteiger partial charge in [0.05, 0.1) is 19.9 Å². The number of benzene rings is 1. The Morgan fingerprint density at radius 3 is 2.71 bits per heavy atom. The summed E-state index contributed by atoms with van der Waals surface area (Å²) in [4.78, 5) is 20.5. The van der Waals surface area contributed by atoms with Gasteiger partial charge in [-0.3, -0.25) is 4.79 Å². The highest BCUT2D eigenvalue weighted by Crippen LogP contribution is 2.31. The van der Waals surface area contributed by atoms with E-state index in [9.17, 15) is 4.79 Å². The van der Waals surface area contributed by atoms with E-state index in [1.54, 1.807) is 45.4 Å². The van der Waals surface area contributed by atoms with Crippen LogP contribution >= 0.6 is 0 Å². The third-order valence-corrected chi connectivity index (χ3v) is 3.15. The zero-order chi connectivity index (χ0) is 17.5. The van der Waals surface area contributed by atoms with Crippen molar-refractivity contribution in [3.05, 3.63) is 48.4 Å². The monoisotopic (exact) mass is 328 g/mol. The van der Waals surface area contributed by atoms with E-state index in [0.717, 1.165) is 0 Å². The molecule has 126 valence electrons. The minimum Gasteiger partial charge on any atom is -0.497 e. The van der Waals surface area contributed by atoms with Crippen LogP contribution in [0.25, 0.3) is 0 Å². The van der Waals surface area contributed by atoms with Gasteiger partial charge in [-0.15, -0.1) is 6.58 Å². The Bertz CT molecular complexity index is 747. The number of hydrogen-bond acceptors (Lipinski definition) is 6. The lowest BCUT2D eigenvalue weighted by atomic mass is 10.2. The number of anilines is 2. The van der Waals surface area contributed by atoms with Crippen LogP contribution in [0.4, 0.5) is 11.5 Å². The molecule has 0 fully saturated rings. The number of nitrogens with zero attached hydrogens (tertiary/aromatic N) is 2. The Kier molecular flexibility index (Phi) is 5.73. The number of rotatable bonds is 7. The first kappa shape index (κ1) is 17.3. The maximum Gasteiger partial charge on any atom is 0.270 e. The molecule has 0 aliphatic rings. The van der Waals surface area contributed by atoms with E-state index in [2.05, 4.69) is 27.2 Å². The molecule has 0 unspecified atom stereocenters. The second kappa shape index (κ2) is 7.96. The van der Waals surface area contributed by atoms with E-state index >= 15 is 0 Å². The number of carbonyl (C=O) groups excluding carboxylic acids is 1. The average Bonchev–Trinajstić information content (AvgIpc) is 2.59. The molecule has 0 radical (unpaired) electrons. The summed E-state index contributed by atoms with van der Waals surface area (Å²) in [5.74, 6) is 1.97. The molecule has 1 aromatic heterocycles. The fourth-order valence-corrected chi connectivity index (χ4v) is 2.04. The van der Waals surface area contributed by atoms with Crippen molar-refractivity contribution in [2.24, 2.45) is 0 Å². The van der Waals surface area contributed by atoms with Gasteiger partial charge in [0.15, 0.2) is 0 Å². The number of amides is 1. The van der Waals surface area contributed by atoms with Gasteiger partial charge in [-0.25, -0.2) is 9.97 Å². The highest BCUT2D eigenvalue weighted by molar-refractivity contribution is 5.93. The molecular formula is C17H20N4O3. The van der Waals surface area contributed by atoms with E-state index in [-0.39, 0.29) is 11.6 Å². The van der Waals surface area contributed by atoms with Crippen LogP contribution in [-0.2, 0) is 0 Å². The molecule has 2 aromatic rings. The van der Waals surface area contributed by atoms with Crippen molar-refractivity contribution in [2.75, 3.05) is 26.1 Å². The van der Waals surface area contributed by atoms with E-state index in [1.807, 2.05) is 6.07 Å². The first-order chi connectivity index (χ1) is 11.6. The fourth-order valence-electron chi connectivity index (χ4n) is 2.04. The molecule has 0 aliphatic heterocycles. The lowest BCUT2D eigenvalue weighted by Gasteiger charge is -2.13. The summed E-state index contributed by atoms with van der Waals surface area (Å²) in [7, 11) is 3.16. The van der Waals surface area contributed by atoms with Gasteiger partial charge in [0.1, 0.15) is 28.8 Å². The van der Waals surface area contributed by atoms with Crippen LogP contribution in [0.15, 0.2) is 36.9 Å². The third-order valence-electron chi connectivity index (χ3n) is 3.15. The first-order valence-corrected chi connectivity index (χ1v) is 7.31. The number of methoxy groups -OCH3 is 2. The number of aryl methyl sites for hydroxylation is 1. The van der Waals surface area contributed by atoms with E-state index in [4.69, 9.17) is 9.47 Å². The largest absolute Gasteiger partial charge is 0.497 e. The molecule has 0 saturated carbocycles. The Labute approximate surface area is 140 Å². The molecule has 2 N–H and O–H groups in total. The lowest BCUT2D eigenvalue weighted by Crippen LogP contribution is -2.24. The highest BCUT2D eigenvalue weighted by Gasteiger charge is 2.11. The van der Waals surface area contributed by atoms with Gasteiger partial charge in [-0.05, 0) is 19.1 Å². The van der Waals surface area contributed by atoms with E-state index in [1.165, 1.54) is 0 Å². The fraction of sp³-hybridized carbons (Fsp3) is 0.235. The molecule has 0 spiro atoms. The topological polar surface area (TPSA) is 85.4 Å². The second-order valence-corrected chi connectivity index (χ2v) is 4.88. The number of hydrogen-bond donors (Lipinski definition) is 2. The molecule has 1 aromatic carbocycles.